The van der Waals surface area contributed by atoms with Crippen molar-refractivity contribution in [1.29, 1.82) is 0 Å². The smallest absolute Gasteiger partial charge is 0.294 e. The third-order valence-electron chi connectivity index (χ3n) is 3.34. The standard InChI is InChI=1S/C13H16N6O2/c1-18-4-6-19(7-5-18)13-14-8-10(9-15-13)17-12(20)11-2-3-16-21-11/h2-3,8-9H,4-7H2,1H3,(H,17,20). The summed E-state index contributed by atoms with van der Waals surface area (Å²) in [5, 5.41) is 6.15. The van der Waals surface area contributed by atoms with E-state index >= 15 is 0 Å². The molecule has 21 heavy (non-hydrogen) atoms. The van der Waals surface area contributed by atoms with Crippen LogP contribution in [0.15, 0.2) is 29.2 Å². The highest BCUT2D eigenvalue weighted by atomic mass is 16.5. The fourth-order valence-electron chi connectivity index (χ4n) is 2.08. The molecule has 0 spiro atoms. The Morgan fingerprint density at radius 1 is 1.24 bits per heavy atom. The van der Waals surface area contributed by atoms with Crippen molar-refractivity contribution in [3.05, 3.63) is 30.4 Å². The van der Waals surface area contributed by atoms with Gasteiger partial charge >= 0.3 is 0 Å². The molecule has 110 valence electrons. The van der Waals surface area contributed by atoms with Crippen molar-refractivity contribution < 1.29 is 9.32 Å². The summed E-state index contributed by atoms with van der Waals surface area (Å²) < 4.78 is 4.78. The van der Waals surface area contributed by atoms with Gasteiger partial charge in [0.15, 0.2) is 0 Å². The van der Waals surface area contributed by atoms with Crippen molar-refractivity contribution in [1.82, 2.24) is 20.0 Å². The molecule has 2 aromatic heterocycles. The molecule has 0 aromatic carbocycles. The number of hydrogen-bond donors (Lipinski definition) is 1. The van der Waals surface area contributed by atoms with Crippen molar-refractivity contribution >= 4 is 17.5 Å². The highest BCUT2D eigenvalue weighted by Crippen LogP contribution is 2.13. The zero-order valence-electron chi connectivity index (χ0n) is 11.7. The number of amides is 1. The molecule has 1 aliphatic rings. The summed E-state index contributed by atoms with van der Waals surface area (Å²) in [5.41, 5.74) is 0.522. The van der Waals surface area contributed by atoms with Crippen LogP contribution in [0.4, 0.5) is 11.6 Å². The molecule has 0 saturated carbocycles. The second kappa shape index (κ2) is 5.88. The maximum atomic E-state index is 11.8. The Kier molecular flexibility index (Phi) is 3.78. The Morgan fingerprint density at radius 3 is 2.57 bits per heavy atom. The van der Waals surface area contributed by atoms with Gasteiger partial charge in [-0.25, -0.2) is 9.97 Å². The van der Waals surface area contributed by atoms with Crippen LogP contribution in [-0.2, 0) is 0 Å². The number of carbonyl (C=O) groups is 1. The third kappa shape index (κ3) is 3.16. The first-order chi connectivity index (χ1) is 10.2. The lowest BCUT2D eigenvalue weighted by atomic mass is 10.3. The molecular formula is C13H16N6O2. The van der Waals surface area contributed by atoms with E-state index in [9.17, 15) is 4.79 Å². The number of carbonyl (C=O) groups excluding carboxylic acids is 1. The van der Waals surface area contributed by atoms with E-state index in [2.05, 4.69) is 37.3 Å². The molecule has 1 amide bonds. The lowest BCUT2D eigenvalue weighted by Crippen LogP contribution is -2.45. The summed E-state index contributed by atoms with van der Waals surface area (Å²) in [6, 6.07) is 1.49. The van der Waals surface area contributed by atoms with Crippen molar-refractivity contribution in [3.63, 3.8) is 0 Å². The van der Waals surface area contributed by atoms with E-state index < -0.39 is 0 Å². The molecule has 8 nitrogen and oxygen atoms in total. The van der Waals surface area contributed by atoms with Gasteiger partial charge in [0.05, 0.1) is 24.3 Å². The maximum Gasteiger partial charge on any atom is 0.294 e. The third-order valence-corrected chi connectivity index (χ3v) is 3.34. The molecule has 1 N–H and O–H groups in total. The first-order valence-electron chi connectivity index (χ1n) is 6.70. The van der Waals surface area contributed by atoms with Gasteiger partial charge in [0.25, 0.3) is 5.91 Å². The van der Waals surface area contributed by atoms with Crippen LogP contribution >= 0.6 is 0 Å². The number of nitrogens with zero attached hydrogens (tertiary/aromatic N) is 5. The molecule has 3 heterocycles. The quantitative estimate of drug-likeness (QED) is 0.878. The highest BCUT2D eigenvalue weighted by molar-refractivity contribution is 6.01. The number of rotatable bonds is 3. The van der Waals surface area contributed by atoms with Crippen LogP contribution in [0, 0.1) is 0 Å². The Bertz CT molecular complexity index is 590. The van der Waals surface area contributed by atoms with Gasteiger partial charge in [-0.1, -0.05) is 5.16 Å². The SMILES string of the molecule is CN1CCN(c2ncc(NC(=O)c3ccno3)cn2)CC1. The second-order valence-corrected chi connectivity index (χ2v) is 4.89. The molecule has 8 heteroatoms. The first kappa shape index (κ1) is 13.5. The van der Waals surface area contributed by atoms with Gasteiger partial charge in [0.2, 0.25) is 11.7 Å². The largest absolute Gasteiger partial charge is 0.351 e. The van der Waals surface area contributed by atoms with E-state index in [1.165, 1.54) is 12.3 Å². The van der Waals surface area contributed by atoms with E-state index in [-0.39, 0.29) is 11.7 Å². The Morgan fingerprint density at radius 2 is 1.95 bits per heavy atom. The topological polar surface area (TPSA) is 87.4 Å². The monoisotopic (exact) mass is 288 g/mol. The number of aromatic nitrogens is 3. The average molecular weight is 288 g/mol. The zero-order chi connectivity index (χ0) is 14.7. The van der Waals surface area contributed by atoms with Crippen LogP contribution in [0.3, 0.4) is 0 Å². The van der Waals surface area contributed by atoms with Crippen LogP contribution in [0.1, 0.15) is 10.6 Å². The van der Waals surface area contributed by atoms with Gasteiger partial charge in [-0.2, -0.15) is 0 Å². The Balaban J connectivity index is 1.63. The van der Waals surface area contributed by atoms with Crippen molar-refractivity contribution in [2.75, 3.05) is 43.4 Å². The van der Waals surface area contributed by atoms with Crippen LogP contribution in [0.2, 0.25) is 0 Å². The number of anilines is 2. The predicted molar refractivity (Wildman–Crippen MR) is 76.2 cm³/mol. The number of piperazine rings is 1. The molecule has 3 rings (SSSR count). The van der Waals surface area contributed by atoms with E-state index in [0.717, 1.165) is 26.2 Å². The van der Waals surface area contributed by atoms with Crippen molar-refractivity contribution in [2.24, 2.45) is 0 Å². The van der Waals surface area contributed by atoms with Gasteiger partial charge in [-0.3, -0.25) is 4.79 Å². The minimum absolute atomic E-state index is 0.151. The fraction of sp³-hybridized carbons (Fsp3) is 0.385. The van der Waals surface area contributed by atoms with E-state index in [1.807, 2.05) is 0 Å². The maximum absolute atomic E-state index is 11.8. The zero-order valence-corrected chi connectivity index (χ0v) is 11.7. The fourth-order valence-corrected chi connectivity index (χ4v) is 2.08. The van der Waals surface area contributed by atoms with Gasteiger partial charge in [0, 0.05) is 32.2 Å². The van der Waals surface area contributed by atoms with E-state index in [0.29, 0.717) is 11.6 Å². The summed E-state index contributed by atoms with van der Waals surface area (Å²) in [6.45, 7) is 3.79. The molecule has 1 saturated heterocycles. The minimum Gasteiger partial charge on any atom is -0.351 e. The number of nitrogens with one attached hydrogen (secondary N) is 1. The van der Waals surface area contributed by atoms with Gasteiger partial charge < -0.3 is 19.6 Å². The highest BCUT2D eigenvalue weighted by Gasteiger charge is 2.16. The molecule has 0 radical (unpaired) electrons. The first-order valence-corrected chi connectivity index (χ1v) is 6.70. The number of likely N-dealkylation sites (N-methyl/N-ethyl adjacent to an activating group) is 1. The lowest BCUT2D eigenvalue weighted by molar-refractivity contribution is 0.0988. The van der Waals surface area contributed by atoms with Crippen molar-refractivity contribution in [2.45, 2.75) is 0 Å². The van der Waals surface area contributed by atoms with Crippen LogP contribution in [0.25, 0.3) is 0 Å². The molecule has 0 aliphatic carbocycles. The predicted octanol–water partition coefficient (Wildman–Crippen LogP) is 0.469. The van der Waals surface area contributed by atoms with Crippen LogP contribution in [0.5, 0.6) is 0 Å². The molecule has 0 atom stereocenters. The average Bonchev–Trinajstić information content (AvgIpc) is 3.03. The van der Waals surface area contributed by atoms with Gasteiger partial charge in [-0.15, -0.1) is 0 Å². The minimum atomic E-state index is -0.372. The Labute approximate surface area is 121 Å². The van der Waals surface area contributed by atoms with E-state index in [4.69, 9.17) is 4.52 Å². The summed E-state index contributed by atoms with van der Waals surface area (Å²) in [4.78, 5) is 24.8. The summed E-state index contributed by atoms with van der Waals surface area (Å²) in [7, 11) is 2.10. The molecule has 1 fully saturated rings. The van der Waals surface area contributed by atoms with Crippen LogP contribution < -0.4 is 10.2 Å². The van der Waals surface area contributed by atoms with E-state index in [1.54, 1.807) is 12.4 Å². The molecular weight excluding hydrogens is 272 g/mol. The van der Waals surface area contributed by atoms with Gasteiger partial charge in [0.1, 0.15) is 0 Å². The summed E-state index contributed by atoms with van der Waals surface area (Å²) in [6.07, 6.45) is 4.60. The Hall–Kier alpha value is -2.48. The second-order valence-electron chi connectivity index (χ2n) is 4.89. The summed E-state index contributed by atoms with van der Waals surface area (Å²) >= 11 is 0. The molecule has 1 aliphatic heterocycles. The number of hydrogen-bond acceptors (Lipinski definition) is 7. The normalized spacial score (nSPS) is 16.0. The molecule has 2 aromatic rings. The van der Waals surface area contributed by atoms with Crippen molar-refractivity contribution in [3.8, 4) is 0 Å². The lowest BCUT2D eigenvalue weighted by Gasteiger charge is -2.32. The molecule has 0 unspecified atom stereocenters. The molecule has 0 bridgehead atoms. The summed E-state index contributed by atoms with van der Waals surface area (Å²) in [5.74, 6) is 0.461. The van der Waals surface area contributed by atoms with Crippen LogP contribution in [-0.4, -0.2) is 59.2 Å². The van der Waals surface area contributed by atoms with Gasteiger partial charge in [-0.05, 0) is 7.05 Å².